The van der Waals surface area contributed by atoms with E-state index in [-0.39, 0.29) is 0 Å². The van der Waals surface area contributed by atoms with Crippen molar-refractivity contribution in [3.63, 3.8) is 0 Å². The first-order valence-corrected chi connectivity index (χ1v) is 9.34. The number of hydrogen-bond donors (Lipinski definition) is 1. The van der Waals surface area contributed by atoms with Crippen LogP contribution in [0.2, 0.25) is 0 Å². The Morgan fingerprint density at radius 2 is 1.67 bits per heavy atom. The van der Waals surface area contributed by atoms with Crippen LogP contribution in [0, 0.1) is 0 Å². The van der Waals surface area contributed by atoms with E-state index < -0.39 is 0 Å². The van der Waals surface area contributed by atoms with Gasteiger partial charge in [-0.05, 0) is 49.8 Å². The molecular formula is C22H29NO. The first-order valence-electron chi connectivity index (χ1n) is 9.34. The van der Waals surface area contributed by atoms with Gasteiger partial charge in [-0.3, -0.25) is 4.90 Å². The highest BCUT2D eigenvalue weighted by Gasteiger charge is 2.29. The number of piperidine rings is 1. The van der Waals surface area contributed by atoms with Crippen LogP contribution in [0.25, 0.3) is 0 Å². The van der Waals surface area contributed by atoms with Crippen molar-refractivity contribution >= 4 is 0 Å². The Hall–Kier alpha value is -1.64. The van der Waals surface area contributed by atoms with E-state index in [1.54, 1.807) is 0 Å². The summed E-state index contributed by atoms with van der Waals surface area (Å²) in [5.74, 6) is 0. The minimum atomic E-state index is 0.305. The lowest BCUT2D eigenvalue weighted by Gasteiger charge is -2.42. The number of rotatable bonds is 7. The van der Waals surface area contributed by atoms with Crippen LogP contribution in [-0.2, 0) is 6.42 Å². The molecule has 2 heteroatoms. The molecule has 0 aromatic heterocycles. The Bertz CT molecular complexity index is 583. The molecule has 128 valence electrons. The summed E-state index contributed by atoms with van der Waals surface area (Å²) in [4.78, 5) is 2.71. The lowest BCUT2D eigenvalue weighted by atomic mass is 9.90. The van der Waals surface area contributed by atoms with Crippen LogP contribution in [0.1, 0.15) is 49.3 Å². The topological polar surface area (TPSA) is 23.5 Å². The second-order valence-corrected chi connectivity index (χ2v) is 6.87. The van der Waals surface area contributed by atoms with Crippen LogP contribution in [0.5, 0.6) is 0 Å². The van der Waals surface area contributed by atoms with Crippen LogP contribution in [0.15, 0.2) is 60.7 Å². The zero-order valence-electron chi connectivity index (χ0n) is 14.5. The molecule has 0 aliphatic carbocycles. The van der Waals surface area contributed by atoms with E-state index in [1.807, 2.05) is 0 Å². The van der Waals surface area contributed by atoms with Gasteiger partial charge in [-0.15, -0.1) is 0 Å². The lowest BCUT2D eigenvalue weighted by molar-refractivity contribution is 0.0825. The molecule has 24 heavy (non-hydrogen) atoms. The average molecular weight is 323 g/mol. The predicted molar refractivity (Wildman–Crippen MR) is 100.0 cm³/mol. The van der Waals surface area contributed by atoms with Gasteiger partial charge in [0, 0.05) is 18.7 Å². The second-order valence-electron chi connectivity index (χ2n) is 6.87. The van der Waals surface area contributed by atoms with Crippen LogP contribution in [0.3, 0.4) is 0 Å². The molecule has 0 spiro atoms. The standard InChI is InChI=1S/C22H29NO/c24-17-9-15-21-14-7-8-16-23(21)22(20-12-5-2-6-13-20)18-19-10-3-1-4-11-19/h1-6,10-13,21-22,24H,7-9,14-18H2/t21-,22+/m1/s1. The molecule has 2 aromatic rings. The molecular weight excluding hydrogens is 294 g/mol. The number of hydrogen-bond acceptors (Lipinski definition) is 2. The van der Waals surface area contributed by atoms with Gasteiger partial charge >= 0.3 is 0 Å². The van der Waals surface area contributed by atoms with Crippen LogP contribution in [-0.4, -0.2) is 29.2 Å². The van der Waals surface area contributed by atoms with Crippen LogP contribution < -0.4 is 0 Å². The van der Waals surface area contributed by atoms with Gasteiger partial charge in [0.05, 0.1) is 0 Å². The Kier molecular flexibility index (Phi) is 6.45. The van der Waals surface area contributed by atoms with Gasteiger partial charge in [-0.2, -0.15) is 0 Å². The first-order chi connectivity index (χ1) is 11.9. The van der Waals surface area contributed by atoms with E-state index >= 15 is 0 Å². The molecule has 1 heterocycles. The summed E-state index contributed by atoms with van der Waals surface area (Å²) in [6.07, 6.45) is 6.94. The van der Waals surface area contributed by atoms with Gasteiger partial charge < -0.3 is 5.11 Å². The highest BCUT2D eigenvalue weighted by atomic mass is 16.2. The van der Waals surface area contributed by atoms with Crippen LogP contribution >= 0.6 is 0 Å². The van der Waals surface area contributed by atoms with Crippen molar-refractivity contribution in [1.82, 2.24) is 4.90 Å². The quantitative estimate of drug-likeness (QED) is 0.805. The molecule has 2 atom stereocenters. The normalized spacial score (nSPS) is 20.0. The number of aliphatic hydroxyl groups is 1. The largest absolute Gasteiger partial charge is 0.396 e. The molecule has 1 aliphatic rings. The van der Waals surface area contributed by atoms with Gasteiger partial charge in [0.25, 0.3) is 0 Å². The fourth-order valence-corrected chi connectivity index (χ4v) is 4.01. The SMILES string of the molecule is OCCC[C@H]1CCCCN1[C@@H](Cc1ccccc1)c1ccccc1. The first kappa shape index (κ1) is 17.2. The van der Waals surface area contributed by atoms with Crippen molar-refractivity contribution < 1.29 is 5.11 Å². The Balaban J connectivity index is 1.85. The third-order valence-corrected chi connectivity index (χ3v) is 5.22. The summed E-state index contributed by atoms with van der Waals surface area (Å²) in [6, 6.07) is 22.8. The second kappa shape index (κ2) is 9.00. The number of benzene rings is 2. The van der Waals surface area contributed by atoms with E-state index in [1.165, 1.54) is 36.9 Å². The molecule has 2 nitrogen and oxygen atoms in total. The molecule has 1 saturated heterocycles. The zero-order chi connectivity index (χ0) is 16.6. The molecule has 0 saturated carbocycles. The molecule has 1 aliphatic heterocycles. The van der Waals surface area contributed by atoms with Crippen LogP contribution in [0.4, 0.5) is 0 Å². The summed E-state index contributed by atoms with van der Waals surface area (Å²) in [7, 11) is 0. The predicted octanol–water partition coefficient (Wildman–Crippen LogP) is 4.60. The number of nitrogens with zero attached hydrogens (tertiary/aromatic N) is 1. The summed E-state index contributed by atoms with van der Waals surface area (Å²) >= 11 is 0. The molecule has 0 unspecified atom stereocenters. The number of likely N-dealkylation sites (tertiary alicyclic amines) is 1. The molecule has 0 amide bonds. The van der Waals surface area contributed by atoms with Gasteiger partial charge in [0.15, 0.2) is 0 Å². The third kappa shape index (κ3) is 4.46. The van der Waals surface area contributed by atoms with Crippen molar-refractivity contribution in [3.8, 4) is 0 Å². The van der Waals surface area contributed by atoms with E-state index in [4.69, 9.17) is 0 Å². The fourth-order valence-electron chi connectivity index (χ4n) is 4.01. The molecule has 2 aromatic carbocycles. The van der Waals surface area contributed by atoms with E-state index in [9.17, 15) is 5.11 Å². The summed E-state index contributed by atoms with van der Waals surface area (Å²) in [6.45, 7) is 1.47. The van der Waals surface area contributed by atoms with E-state index in [0.717, 1.165) is 19.3 Å². The van der Waals surface area contributed by atoms with Gasteiger partial charge in [-0.25, -0.2) is 0 Å². The third-order valence-electron chi connectivity index (χ3n) is 5.22. The Morgan fingerprint density at radius 3 is 2.38 bits per heavy atom. The molecule has 1 N–H and O–H groups in total. The highest BCUT2D eigenvalue weighted by Crippen LogP contribution is 2.33. The maximum atomic E-state index is 9.26. The molecule has 3 rings (SSSR count). The van der Waals surface area contributed by atoms with E-state index in [0.29, 0.717) is 18.7 Å². The summed E-state index contributed by atoms with van der Waals surface area (Å²) in [5.41, 5.74) is 2.81. The van der Waals surface area contributed by atoms with Gasteiger partial charge in [-0.1, -0.05) is 67.1 Å². The summed E-state index contributed by atoms with van der Waals surface area (Å²) < 4.78 is 0. The van der Waals surface area contributed by atoms with Crippen molar-refractivity contribution in [2.75, 3.05) is 13.2 Å². The lowest BCUT2D eigenvalue weighted by Crippen LogP contribution is -2.43. The van der Waals surface area contributed by atoms with Gasteiger partial charge in [0.2, 0.25) is 0 Å². The molecule has 0 bridgehead atoms. The van der Waals surface area contributed by atoms with Crippen molar-refractivity contribution in [3.05, 3.63) is 71.8 Å². The zero-order valence-corrected chi connectivity index (χ0v) is 14.5. The summed E-state index contributed by atoms with van der Waals surface area (Å²) in [5, 5.41) is 9.26. The Morgan fingerprint density at radius 1 is 0.958 bits per heavy atom. The maximum Gasteiger partial charge on any atom is 0.0431 e. The van der Waals surface area contributed by atoms with Gasteiger partial charge in [0.1, 0.15) is 0 Å². The smallest absolute Gasteiger partial charge is 0.0431 e. The minimum absolute atomic E-state index is 0.305. The van der Waals surface area contributed by atoms with E-state index in [2.05, 4.69) is 65.6 Å². The highest BCUT2D eigenvalue weighted by molar-refractivity contribution is 5.24. The monoisotopic (exact) mass is 323 g/mol. The van der Waals surface area contributed by atoms with Crippen molar-refractivity contribution in [2.24, 2.45) is 0 Å². The maximum absolute atomic E-state index is 9.26. The molecule has 0 radical (unpaired) electrons. The van der Waals surface area contributed by atoms with Crippen molar-refractivity contribution in [2.45, 2.75) is 50.6 Å². The fraction of sp³-hybridized carbons (Fsp3) is 0.455. The average Bonchev–Trinajstić information content (AvgIpc) is 2.66. The van der Waals surface area contributed by atoms with Crippen molar-refractivity contribution in [1.29, 1.82) is 0 Å². The number of aliphatic hydroxyl groups excluding tert-OH is 1. The minimum Gasteiger partial charge on any atom is -0.396 e. The molecule has 1 fully saturated rings. The Labute approximate surface area is 146 Å².